The Balaban J connectivity index is 1.46. The zero-order chi connectivity index (χ0) is 31.8. The van der Waals surface area contributed by atoms with E-state index >= 15 is 4.39 Å². The lowest BCUT2D eigenvalue weighted by molar-refractivity contribution is -0.137. The zero-order valence-corrected chi connectivity index (χ0v) is 25.1. The van der Waals surface area contributed by atoms with Gasteiger partial charge in [-0.2, -0.15) is 5.10 Å². The number of benzene rings is 1. The molecule has 1 aromatic carbocycles. The molecule has 1 amide bonds. The second-order valence-electron chi connectivity index (χ2n) is 10.5. The standard InChI is InChI=1S/C29H24Cl2FN9O4/c1-15-3-2-4-21(18-9-16(7-8-33-18)28-20(36-29(15)45)11-35-41(28)13-25(43)44)39-14-34-19(10-24(39)42)26-22(6-5-17(30)27(26)32)40-12-23(31)37-38-40/h5-12,14-15,21H,2-4,13H2,1H3,(H,36,45)(H,43,44). The molecule has 4 aromatic heterocycles. The van der Waals surface area contributed by atoms with Gasteiger partial charge in [-0.15, -0.1) is 5.10 Å². The van der Waals surface area contributed by atoms with Crippen LogP contribution >= 0.6 is 23.2 Å². The summed E-state index contributed by atoms with van der Waals surface area (Å²) >= 11 is 12.0. The van der Waals surface area contributed by atoms with Crippen LogP contribution in [-0.2, 0) is 16.1 Å². The van der Waals surface area contributed by atoms with E-state index in [1.54, 1.807) is 25.3 Å². The van der Waals surface area contributed by atoms with Gasteiger partial charge < -0.3 is 10.4 Å². The predicted molar refractivity (Wildman–Crippen MR) is 162 cm³/mol. The van der Waals surface area contributed by atoms with Gasteiger partial charge in [0.2, 0.25) is 5.91 Å². The lowest BCUT2D eigenvalue weighted by Gasteiger charge is -2.22. The second kappa shape index (κ2) is 12.2. The van der Waals surface area contributed by atoms with Crippen molar-refractivity contribution in [3.63, 3.8) is 0 Å². The highest BCUT2D eigenvalue weighted by Gasteiger charge is 2.26. The van der Waals surface area contributed by atoms with Crippen LogP contribution in [0.5, 0.6) is 0 Å². The summed E-state index contributed by atoms with van der Waals surface area (Å²) < 4.78 is 19.4. The van der Waals surface area contributed by atoms with Gasteiger partial charge in [0.05, 0.1) is 63.8 Å². The first-order valence-electron chi connectivity index (χ1n) is 13.8. The van der Waals surface area contributed by atoms with Crippen molar-refractivity contribution in [3.05, 3.63) is 87.3 Å². The Bertz CT molecular complexity index is 2010. The summed E-state index contributed by atoms with van der Waals surface area (Å²) in [5, 5.41) is 24.1. The van der Waals surface area contributed by atoms with E-state index in [-0.39, 0.29) is 33.0 Å². The van der Waals surface area contributed by atoms with Crippen LogP contribution < -0.4 is 10.9 Å². The number of anilines is 1. The SMILES string of the molecule is CC1CCCC(n2cnc(-c3c(-n4cc(Cl)nn4)ccc(Cl)c3F)cc2=O)c2cc(ccn2)-c2c(cnn2CC(=O)O)NC1=O. The van der Waals surface area contributed by atoms with Gasteiger partial charge in [0.25, 0.3) is 5.56 Å². The van der Waals surface area contributed by atoms with Crippen LogP contribution in [0.1, 0.15) is 37.9 Å². The number of rotatable bonds is 5. The molecular weight excluding hydrogens is 628 g/mol. The van der Waals surface area contributed by atoms with Gasteiger partial charge in [0.1, 0.15) is 6.54 Å². The van der Waals surface area contributed by atoms with Crippen molar-refractivity contribution in [1.82, 2.24) is 39.3 Å². The molecule has 0 saturated carbocycles. The highest BCUT2D eigenvalue weighted by Crippen LogP contribution is 2.34. The van der Waals surface area contributed by atoms with Crippen molar-refractivity contribution < 1.29 is 19.1 Å². The van der Waals surface area contributed by atoms with Crippen molar-refractivity contribution in [2.24, 2.45) is 5.92 Å². The number of carbonyl (C=O) groups excluding carboxylic acids is 1. The molecule has 0 radical (unpaired) electrons. The number of halogens is 3. The average Bonchev–Trinajstić information content (AvgIpc) is 3.61. The highest BCUT2D eigenvalue weighted by molar-refractivity contribution is 6.31. The third-order valence-electron chi connectivity index (χ3n) is 7.55. The largest absolute Gasteiger partial charge is 0.480 e. The van der Waals surface area contributed by atoms with Gasteiger partial charge in [-0.25, -0.2) is 14.1 Å². The molecule has 5 aromatic rings. The normalized spacial score (nSPS) is 16.8. The number of carbonyl (C=O) groups is 2. The number of carboxylic acids is 1. The predicted octanol–water partition coefficient (Wildman–Crippen LogP) is 4.63. The third kappa shape index (κ3) is 5.93. The number of carboxylic acid groups (broad SMARTS) is 1. The van der Waals surface area contributed by atoms with E-state index < -0.39 is 35.9 Å². The molecule has 1 aliphatic heterocycles. The number of nitrogens with one attached hydrogen (secondary N) is 1. The minimum atomic E-state index is -1.11. The van der Waals surface area contributed by atoms with Crippen LogP contribution in [0.15, 0.2) is 60.0 Å². The number of pyridine rings is 1. The van der Waals surface area contributed by atoms with Crippen molar-refractivity contribution in [3.8, 4) is 28.2 Å². The lowest BCUT2D eigenvalue weighted by atomic mass is 9.97. The summed E-state index contributed by atoms with van der Waals surface area (Å²) in [5.74, 6) is -2.54. The number of nitrogens with zero attached hydrogens (tertiary/aromatic N) is 8. The molecule has 13 nitrogen and oxygen atoms in total. The molecule has 16 heteroatoms. The van der Waals surface area contributed by atoms with E-state index in [0.717, 1.165) is 0 Å². The Kier molecular flexibility index (Phi) is 8.16. The quantitative estimate of drug-likeness (QED) is 0.276. The number of aromatic nitrogens is 8. The van der Waals surface area contributed by atoms with Crippen LogP contribution in [0.2, 0.25) is 10.2 Å². The molecule has 230 valence electrons. The van der Waals surface area contributed by atoms with Crippen LogP contribution in [0.4, 0.5) is 10.1 Å². The molecule has 2 atom stereocenters. The monoisotopic (exact) mass is 651 g/mol. The topological polar surface area (TPSA) is 163 Å². The third-order valence-corrected chi connectivity index (χ3v) is 8.02. The first-order chi connectivity index (χ1) is 21.6. The van der Waals surface area contributed by atoms with E-state index in [4.69, 9.17) is 23.2 Å². The highest BCUT2D eigenvalue weighted by atomic mass is 35.5. The summed E-state index contributed by atoms with van der Waals surface area (Å²) in [6.07, 6.45) is 7.13. The molecular formula is C29H24Cl2FN9O4. The van der Waals surface area contributed by atoms with Gasteiger partial charge in [-0.05, 0) is 37.1 Å². The van der Waals surface area contributed by atoms with E-state index in [1.165, 1.54) is 50.9 Å². The number of hydrogen-bond donors (Lipinski definition) is 2. The van der Waals surface area contributed by atoms with Gasteiger partial charge in [-0.1, -0.05) is 41.8 Å². The summed E-state index contributed by atoms with van der Waals surface area (Å²) in [5.41, 5.74) is 1.48. The van der Waals surface area contributed by atoms with Gasteiger partial charge in [0.15, 0.2) is 11.0 Å². The molecule has 2 N–H and O–H groups in total. The maximum absolute atomic E-state index is 15.4. The molecule has 0 saturated heterocycles. The average molecular weight is 652 g/mol. The minimum Gasteiger partial charge on any atom is -0.480 e. The molecule has 0 fully saturated rings. The number of amides is 1. The van der Waals surface area contributed by atoms with E-state index in [0.29, 0.717) is 41.9 Å². The van der Waals surface area contributed by atoms with E-state index in [9.17, 15) is 19.5 Å². The summed E-state index contributed by atoms with van der Waals surface area (Å²) in [7, 11) is 0. The smallest absolute Gasteiger partial charge is 0.325 e. The number of fused-ring (bicyclic) bond motifs is 4. The summed E-state index contributed by atoms with van der Waals surface area (Å²) in [6.45, 7) is 1.35. The molecule has 1 aliphatic rings. The van der Waals surface area contributed by atoms with Crippen LogP contribution in [0, 0.1) is 11.7 Å². The van der Waals surface area contributed by atoms with Crippen LogP contribution in [0.3, 0.4) is 0 Å². The van der Waals surface area contributed by atoms with Gasteiger partial charge in [-0.3, -0.25) is 28.6 Å². The van der Waals surface area contributed by atoms with Crippen LogP contribution in [0.25, 0.3) is 28.2 Å². The fraction of sp³-hybridized carbons (Fsp3) is 0.241. The van der Waals surface area contributed by atoms with Crippen molar-refractivity contribution in [2.75, 3.05) is 5.32 Å². The molecule has 2 bridgehead atoms. The number of hydrogen-bond acceptors (Lipinski definition) is 8. The van der Waals surface area contributed by atoms with Crippen molar-refractivity contribution >= 4 is 40.8 Å². The lowest BCUT2D eigenvalue weighted by Crippen LogP contribution is -2.27. The summed E-state index contributed by atoms with van der Waals surface area (Å²) in [4.78, 5) is 47.3. The molecule has 0 spiro atoms. The Morgan fingerprint density at radius 1 is 1.16 bits per heavy atom. The summed E-state index contributed by atoms with van der Waals surface area (Å²) in [6, 6.07) is 6.85. The van der Waals surface area contributed by atoms with Gasteiger partial charge >= 0.3 is 5.97 Å². The molecule has 6 rings (SSSR count). The molecule has 2 unspecified atom stereocenters. The first kappa shape index (κ1) is 30.1. The molecule has 45 heavy (non-hydrogen) atoms. The Morgan fingerprint density at radius 2 is 1.98 bits per heavy atom. The maximum atomic E-state index is 15.4. The fourth-order valence-corrected chi connectivity index (χ4v) is 5.64. The maximum Gasteiger partial charge on any atom is 0.325 e. The Labute approximate surface area is 264 Å². The molecule has 5 heterocycles. The van der Waals surface area contributed by atoms with Crippen molar-refractivity contribution in [2.45, 2.75) is 38.8 Å². The second-order valence-corrected chi connectivity index (χ2v) is 11.3. The minimum absolute atomic E-state index is 0.0141. The zero-order valence-electron chi connectivity index (χ0n) is 23.6. The number of aliphatic carboxylic acids is 1. The van der Waals surface area contributed by atoms with E-state index in [1.807, 2.05) is 0 Å². The Hall–Kier alpha value is -4.95. The first-order valence-corrected chi connectivity index (χ1v) is 14.6. The van der Waals surface area contributed by atoms with Gasteiger partial charge in [0, 0.05) is 23.7 Å². The van der Waals surface area contributed by atoms with Crippen LogP contribution in [-0.4, -0.2) is 56.3 Å². The van der Waals surface area contributed by atoms with E-state index in [2.05, 4.69) is 30.7 Å². The Morgan fingerprint density at radius 3 is 2.71 bits per heavy atom. The molecule has 0 aliphatic carbocycles. The fourth-order valence-electron chi connectivity index (χ4n) is 5.36. The van der Waals surface area contributed by atoms with Crippen molar-refractivity contribution in [1.29, 1.82) is 0 Å².